The summed E-state index contributed by atoms with van der Waals surface area (Å²) < 4.78 is 17.0. The molecule has 0 aromatic heterocycles. The molecule has 1 N–H and O–H groups in total. The van der Waals surface area contributed by atoms with Gasteiger partial charge in [-0.25, -0.2) is 4.79 Å². The summed E-state index contributed by atoms with van der Waals surface area (Å²) in [5.74, 6) is 0. The van der Waals surface area contributed by atoms with Gasteiger partial charge in [-0.05, 0) is 59.1 Å². The van der Waals surface area contributed by atoms with Crippen LogP contribution in [0.5, 0.6) is 0 Å². The molecular weight excluding hydrogens is 281 g/mol. The van der Waals surface area contributed by atoms with Crippen LogP contribution in [0.15, 0.2) is 24.3 Å². The van der Waals surface area contributed by atoms with Gasteiger partial charge >= 0.3 is 13.2 Å². The molecule has 120 valence electrons. The number of carbonyl (C=O) groups is 1. The van der Waals surface area contributed by atoms with Gasteiger partial charge in [0.25, 0.3) is 0 Å². The maximum absolute atomic E-state index is 11.6. The maximum atomic E-state index is 11.6. The van der Waals surface area contributed by atoms with E-state index in [2.05, 4.69) is 5.32 Å². The van der Waals surface area contributed by atoms with Gasteiger partial charge in [0.1, 0.15) is 0 Å². The van der Waals surface area contributed by atoms with Gasteiger partial charge in [-0.1, -0.05) is 12.1 Å². The van der Waals surface area contributed by atoms with Crippen molar-refractivity contribution in [1.82, 2.24) is 0 Å². The molecule has 0 saturated carbocycles. The summed E-state index contributed by atoms with van der Waals surface area (Å²) in [6.07, 6.45) is -0.609. The fraction of sp³-hybridized carbons (Fsp3) is 0.562. The van der Waals surface area contributed by atoms with Crippen molar-refractivity contribution in [3.63, 3.8) is 0 Å². The molecule has 0 aliphatic carbocycles. The summed E-state index contributed by atoms with van der Waals surface area (Å²) in [7, 11) is -0.401. The van der Waals surface area contributed by atoms with E-state index >= 15 is 0 Å². The Balaban J connectivity index is 2.03. The summed E-state index contributed by atoms with van der Waals surface area (Å²) in [6, 6.07) is 7.38. The van der Waals surface area contributed by atoms with Gasteiger partial charge in [0.05, 0.1) is 17.3 Å². The average Bonchev–Trinajstić information content (AvgIpc) is 2.58. The first-order valence-electron chi connectivity index (χ1n) is 7.54. The fourth-order valence-electron chi connectivity index (χ4n) is 2.06. The molecule has 1 fully saturated rings. The number of rotatable bonds is 3. The minimum absolute atomic E-state index is 0.149. The van der Waals surface area contributed by atoms with E-state index < -0.39 is 13.2 Å². The molecule has 0 spiro atoms. The van der Waals surface area contributed by atoms with E-state index in [9.17, 15) is 4.79 Å². The monoisotopic (exact) mass is 305 g/mol. The molecule has 0 radical (unpaired) electrons. The first-order chi connectivity index (χ1) is 10.1. The van der Waals surface area contributed by atoms with E-state index in [0.717, 1.165) is 5.46 Å². The third-order valence-corrected chi connectivity index (χ3v) is 4.03. The van der Waals surface area contributed by atoms with Crippen molar-refractivity contribution in [2.75, 3.05) is 5.32 Å². The lowest BCUT2D eigenvalue weighted by molar-refractivity contribution is 0.00578. The van der Waals surface area contributed by atoms with Gasteiger partial charge in [-0.3, -0.25) is 5.32 Å². The summed E-state index contributed by atoms with van der Waals surface area (Å²) in [6.45, 7) is 11.7. The van der Waals surface area contributed by atoms with Crippen molar-refractivity contribution in [1.29, 1.82) is 0 Å². The molecule has 1 aromatic carbocycles. The molecule has 22 heavy (non-hydrogen) atoms. The third kappa shape index (κ3) is 3.62. The Morgan fingerprint density at radius 3 is 2.05 bits per heavy atom. The summed E-state index contributed by atoms with van der Waals surface area (Å²) in [5, 5.41) is 2.68. The second-order valence-electron chi connectivity index (χ2n) is 6.79. The lowest BCUT2D eigenvalue weighted by Gasteiger charge is -2.32. The van der Waals surface area contributed by atoms with Gasteiger partial charge in [0.15, 0.2) is 0 Å². The molecule has 1 saturated heterocycles. The second-order valence-corrected chi connectivity index (χ2v) is 6.79. The van der Waals surface area contributed by atoms with Gasteiger partial charge < -0.3 is 14.0 Å². The number of nitrogens with one attached hydrogen (secondary N) is 1. The number of ether oxygens (including phenoxy) is 1. The molecule has 0 bridgehead atoms. The maximum Gasteiger partial charge on any atom is 0.494 e. The summed E-state index contributed by atoms with van der Waals surface area (Å²) in [5.41, 5.74) is 0.859. The number of benzene rings is 1. The first-order valence-corrected chi connectivity index (χ1v) is 7.54. The third-order valence-electron chi connectivity index (χ3n) is 4.03. The van der Waals surface area contributed by atoms with Crippen LogP contribution in [-0.2, 0) is 14.0 Å². The van der Waals surface area contributed by atoms with E-state index in [1.807, 2.05) is 52.0 Å². The quantitative estimate of drug-likeness (QED) is 0.872. The second kappa shape index (κ2) is 5.93. The lowest BCUT2D eigenvalue weighted by Crippen LogP contribution is -2.41. The number of carbonyl (C=O) groups excluding carboxylic acids is 1. The van der Waals surface area contributed by atoms with Crippen LogP contribution in [0.2, 0.25) is 0 Å². The van der Waals surface area contributed by atoms with Crippen LogP contribution >= 0.6 is 0 Å². The molecule has 0 atom stereocenters. The van der Waals surface area contributed by atoms with Crippen LogP contribution in [0.25, 0.3) is 0 Å². The van der Waals surface area contributed by atoms with E-state index in [1.165, 1.54) is 0 Å². The van der Waals surface area contributed by atoms with Crippen LogP contribution in [0, 0.1) is 0 Å². The number of hydrogen-bond acceptors (Lipinski definition) is 4. The molecule has 1 amide bonds. The molecular formula is C16H24BNO4. The minimum Gasteiger partial charge on any atom is -0.447 e. The zero-order valence-corrected chi connectivity index (χ0v) is 14.1. The van der Waals surface area contributed by atoms with E-state index in [4.69, 9.17) is 14.0 Å². The first kappa shape index (κ1) is 16.8. The van der Waals surface area contributed by atoms with Crippen LogP contribution in [0.4, 0.5) is 10.5 Å². The summed E-state index contributed by atoms with van der Waals surface area (Å²) >= 11 is 0. The largest absolute Gasteiger partial charge is 0.494 e. The normalized spacial score (nSPS) is 19.3. The molecule has 1 aliphatic rings. The Labute approximate surface area is 132 Å². The summed E-state index contributed by atoms with van der Waals surface area (Å²) in [4.78, 5) is 11.6. The van der Waals surface area contributed by atoms with Gasteiger partial charge in [0.2, 0.25) is 0 Å². The van der Waals surface area contributed by atoms with Crippen molar-refractivity contribution in [3.8, 4) is 0 Å². The number of hydrogen-bond donors (Lipinski definition) is 1. The van der Waals surface area contributed by atoms with E-state index in [-0.39, 0.29) is 17.3 Å². The molecule has 1 aromatic rings. The predicted octanol–water partition coefficient (Wildman–Crippen LogP) is 2.94. The lowest BCUT2D eigenvalue weighted by atomic mass is 9.79. The Bertz CT molecular complexity index is 524. The van der Waals surface area contributed by atoms with Crippen molar-refractivity contribution in [2.45, 2.75) is 58.8 Å². The Morgan fingerprint density at radius 2 is 1.59 bits per heavy atom. The highest BCUT2D eigenvalue weighted by molar-refractivity contribution is 6.62. The number of anilines is 1. The van der Waals surface area contributed by atoms with Crippen molar-refractivity contribution < 1.29 is 18.8 Å². The van der Waals surface area contributed by atoms with Crippen molar-refractivity contribution in [2.24, 2.45) is 0 Å². The van der Waals surface area contributed by atoms with Gasteiger partial charge in [-0.2, -0.15) is 0 Å². The van der Waals surface area contributed by atoms with Crippen LogP contribution in [0.3, 0.4) is 0 Å². The van der Waals surface area contributed by atoms with Gasteiger partial charge in [0, 0.05) is 5.69 Å². The number of amides is 1. The van der Waals surface area contributed by atoms with Crippen molar-refractivity contribution in [3.05, 3.63) is 24.3 Å². The van der Waals surface area contributed by atoms with Gasteiger partial charge in [-0.15, -0.1) is 0 Å². The van der Waals surface area contributed by atoms with Crippen LogP contribution in [0.1, 0.15) is 41.5 Å². The standard InChI is InChI=1S/C16H24BNO4/c1-11(2)20-14(19)18-13-9-7-12(8-10-13)17-21-15(3,4)16(5,6)22-17/h7-11H,1-6H3,(H,18,19). The fourth-order valence-corrected chi connectivity index (χ4v) is 2.06. The predicted molar refractivity (Wildman–Crippen MR) is 87.4 cm³/mol. The van der Waals surface area contributed by atoms with E-state index in [0.29, 0.717) is 5.69 Å². The molecule has 6 heteroatoms. The molecule has 2 rings (SSSR count). The highest BCUT2D eigenvalue weighted by atomic mass is 16.7. The van der Waals surface area contributed by atoms with E-state index in [1.54, 1.807) is 13.8 Å². The Morgan fingerprint density at radius 1 is 1.09 bits per heavy atom. The molecule has 1 aliphatic heterocycles. The smallest absolute Gasteiger partial charge is 0.447 e. The molecule has 0 unspecified atom stereocenters. The average molecular weight is 305 g/mol. The Hall–Kier alpha value is -1.53. The van der Waals surface area contributed by atoms with Crippen LogP contribution < -0.4 is 10.8 Å². The zero-order chi connectivity index (χ0) is 16.5. The topological polar surface area (TPSA) is 56.8 Å². The van der Waals surface area contributed by atoms with Crippen molar-refractivity contribution >= 4 is 24.4 Å². The van der Waals surface area contributed by atoms with Crippen LogP contribution in [-0.4, -0.2) is 30.5 Å². The molecule has 5 nitrogen and oxygen atoms in total. The molecule has 1 heterocycles. The Kier molecular flexibility index (Phi) is 4.54. The highest BCUT2D eigenvalue weighted by Gasteiger charge is 2.51. The highest BCUT2D eigenvalue weighted by Crippen LogP contribution is 2.36. The SMILES string of the molecule is CC(C)OC(=O)Nc1ccc(B2OC(C)(C)C(C)(C)O2)cc1. The minimum atomic E-state index is -0.460. The zero-order valence-electron chi connectivity index (χ0n) is 14.1.